The SMILES string of the molecule is CC(=N)/C(C(C)=O)=C(/O)COC(=O)c1ccc2c(c1)CCCC2. The van der Waals surface area contributed by atoms with E-state index in [1.54, 1.807) is 6.07 Å². The molecule has 122 valence electrons. The number of rotatable bonds is 5. The number of carbonyl (C=O) groups is 2. The van der Waals surface area contributed by atoms with Crippen molar-refractivity contribution in [3.8, 4) is 0 Å². The van der Waals surface area contributed by atoms with Crippen LogP contribution < -0.4 is 0 Å². The summed E-state index contributed by atoms with van der Waals surface area (Å²) in [6.45, 7) is 2.24. The lowest BCUT2D eigenvalue weighted by Gasteiger charge is -2.16. The second-order valence-electron chi connectivity index (χ2n) is 5.77. The second-order valence-corrected chi connectivity index (χ2v) is 5.77. The van der Waals surface area contributed by atoms with Crippen molar-refractivity contribution < 1.29 is 19.4 Å². The van der Waals surface area contributed by atoms with Crippen molar-refractivity contribution in [1.29, 1.82) is 5.41 Å². The average molecular weight is 315 g/mol. The Morgan fingerprint density at radius 1 is 1.17 bits per heavy atom. The molecule has 2 N–H and O–H groups in total. The van der Waals surface area contributed by atoms with Crippen molar-refractivity contribution in [2.24, 2.45) is 0 Å². The van der Waals surface area contributed by atoms with E-state index in [2.05, 4.69) is 0 Å². The Labute approximate surface area is 135 Å². The van der Waals surface area contributed by atoms with Gasteiger partial charge >= 0.3 is 5.97 Å². The second kappa shape index (κ2) is 7.22. The summed E-state index contributed by atoms with van der Waals surface area (Å²) >= 11 is 0. The van der Waals surface area contributed by atoms with Crippen LogP contribution in [0.25, 0.3) is 0 Å². The highest BCUT2D eigenvalue weighted by molar-refractivity contribution is 6.19. The van der Waals surface area contributed by atoms with Crippen LogP contribution in [0.5, 0.6) is 0 Å². The molecule has 0 bridgehead atoms. The van der Waals surface area contributed by atoms with Crippen LogP contribution in [0.15, 0.2) is 29.5 Å². The first-order valence-corrected chi connectivity index (χ1v) is 7.67. The Morgan fingerprint density at radius 2 is 1.83 bits per heavy atom. The van der Waals surface area contributed by atoms with Crippen LogP contribution in [-0.4, -0.2) is 29.2 Å². The summed E-state index contributed by atoms with van der Waals surface area (Å²) in [4.78, 5) is 23.5. The molecular weight excluding hydrogens is 294 g/mol. The number of carbonyl (C=O) groups excluding carboxylic acids is 2. The third-order valence-corrected chi connectivity index (χ3v) is 3.94. The third-order valence-electron chi connectivity index (χ3n) is 3.94. The van der Waals surface area contributed by atoms with Gasteiger partial charge in [0, 0.05) is 5.71 Å². The number of nitrogens with one attached hydrogen (secondary N) is 1. The third kappa shape index (κ3) is 4.06. The Kier molecular flexibility index (Phi) is 5.32. The lowest BCUT2D eigenvalue weighted by molar-refractivity contribution is -0.113. The summed E-state index contributed by atoms with van der Waals surface area (Å²) in [5.41, 5.74) is 2.72. The summed E-state index contributed by atoms with van der Waals surface area (Å²) in [5, 5.41) is 17.4. The highest BCUT2D eigenvalue weighted by atomic mass is 16.5. The van der Waals surface area contributed by atoms with Gasteiger partial charge in [-0.05, 0) is 62.8 Å². The van der Waals surface area contributed by atoms with Crippen molar-refractivity contribution in [3.63, 3.8) is 0 Å². The molecule has 0 heterocycles. The molecule has 0 unspecified atom stereocenters. The Balaban J connectivity index is 2.09. The molecule has 1 aromatic rings. The van der Waals surface area contributed by atoms with Crippen molar-refractivity contribution in [1.82, 2.24) is 0 Å². The number of ketones is 1. The molecule has 2 rings (SSSR count). The van der Waals surface area contributed by atoms with Crippen molar-refractivity contribution >= 4 is 17.5 Å². The topological polar surface area (TPSA) is 87.5 Å². The zero-order chi connectivity index (χ0) is 17.0. The highest BCUT2D eigenvalue weighted by Crippen LogP contribution is 2.22. The van der Waals surface area contributed by atoms with E-state index in [1.807, 2.05) is 12.1 Å². The maximum atomic E-state index is 12.1. The van der Waals surface area contributed by atoms with E-state index < -0.39 is 24.1 Å². The lowest BCUT2D eigenvalue weighted by Crippen LogP contribution is -2.15. The predicted octanol–water partition coefficient (Wildman–Crippen LogP) is 3.16. The minimum absolute atomic E-state index is 0.0557. The van der Waals surface area contributed by atoms with Gasteiger partial charge in [-0.3, -0.25) is 4.79 Å². The first kappa shape index (κ1) is 16.9. The van der Waals surface area contributed by atoms with Crippen molar-refractivity contribution in [3.05, 3.63) is 46.2 Å². The van der Waals surface area contributed by atoms with E-state index >= 15 is 0 Å². The maximum Gasteiger partial charge on any atom is 0.338 e. The lowest BCUT2D eigenvalue weighted by atomic mass is 9.90. The molecule has 1 aliphatic carbocycles. The molecule has 5 heteroatoms. The summed E-state index contributed by atoms with van der Waals surface area (Å²) in [6, 6.07) is 5.51. The summed E-state index contributed by atoms with van der Waals surface area (Å²) in [7, 11) is 0. The number of ether oxygens (including phenoxy) is 1. The minimum atomic E-state index is -0.546. The zero-order valence-electron chi connectivity index (χ0n) is 13.4. The number of hydrogen-bond acceptors (Lipinski definition) is 5. The van der Waals surface area contributed by atoms with Gasteiger partial charge in [0.2, 0.25) is 0 Å². The predicted molar refractivity (Wildman–Crippen MR) is 87.1 cm³/mol. The number of aryl methyl sites for hydroxylation is 2. The van der Waals surface area contributed by atoms with Gasteiger partial charge in [-0.1, -0.05) is 6.07 Å². The Morgan fingerprint density at radius 3 is 2.43 bits per heavy atom. The number of aliphatic hydroxyl groups is 1. The summed E-state index contributed by atoms with van der Waals surface area (Å²) in [5.74, 6) is -1.37. The van der Waals surface area contributed by atoms with Crippen LogP contribution in [0.2, 0.25) is 0 Å². The van der Waals surface area contributed by atoms with E-state index in [-0.39, 0.29) is 11.3 Å². The largest absolute Gasteiger partial charge is 0.508 e. The minimum Gasteiger partial charge on any atom is -0.508 e. The van der Waals surface area contributed by atoms with Gasteiger partial charge in [0.25, 0.3) is 0 Å². The first-order valence-electron chi connectivity index (χ1n) is 7.67. The number of allylic oxidation sites excluding steroid dienone is 1. The highest BCUT2D eigenvalue weighted by Gasteiger charge is 2.17. The fraction of sp³-hybridized carbons (Fsp3) is 0.389. The number of benzene rings is 1. The number of fused-ring (bicyclic) bond motifs is 1. The fourth-order valence-electron chi connectivity index (χ4n) is 2.83. The number of aliphatic hydroxyl groups excluding tert-OH is 1. The summed E-state index contributed by atoms with van der Waals surface area (Å²) in [6.07, 6.45) is 4.29. The monoisotopic (exact) mass is 315 g/mol. The first-order chi connectivity index (χ1) is 10.9. The van der Waals surface area contributed by atoms with Crippen molar-refractivity contribution in [2.75, 3.05) is 6.61 Å². The van der Waals surface area contributed by atoms with Crippen LogP contribution in [0.3, 0.4) is 0 Å². The molecule has 0 atom stereocenters. The van der Waals surface area contributed by atoms with Gasteiger partial charge in [0.05, 0.1) is 11.1 Å². The Bertz CT molecular complexity index is 672. The molecule has 0 aliphatic heterocycles. The molecule has 23 heavy (non-hydrogen) atoms. The van der Waals surface area contributed by atoms with E-state index in [1.165, 1.54) is 31.4 Å². The molecule has 0 amide bonds. The molecule has 0 saturated heterocycles. The van der Waals surface area contributed by atoms with Crippen LogP contribution >= 0.6 is 0 Å². The average Bonchev–Trinajstić information content (AvgIpc) is 2.51. The van der Waals surface area contributed by atoms with Crippen LogP contribution in [0.1, 0.15) is 48.2 Å². The van der Waals surface area contributed by atoms with E-state index in [4.69, 9.17) is 10.1 Å². The van der Waals surface area contributed by atoms with Gasteiger partial charge in [-0.2, -0.15) is 0 Å². The van der Waals surface area contributed by atoms with Gasteiger partial charge in [0.1, 0.15) is 12.4 Å². The molecule has 0 aromatic heterocycles. The van der Waals surface area contributed by atoms with E-state index in [9.17, 15) is 14.7 Å². The maximum absolute atomic E-state index is 12.1. The molecule has 0 radical (unpaired) electrons. The molecule has 1 aromatic carbocycles. The van der Waals surface area contributed by atoms with Gasteiger partial charge in [-0.15, -0.1) is 0 Å². The normalized spacial score (nSPS) is 14.5. The molecular formula is C18H21NO4. The molecule has 0 spiro atoms. The smallest absolute Gasteiger partial charge is 0.338 e. The zero-order valence-corrected chi connectivity index (χ0v) is 13.4. The molecule has 0 fully saturated rings. The van der Waals surface area contributed by atoms with Gasteiger partial charge < -0.3 is 15.3 Å². The van der Waals surface area contributed by atoms with E-state index in [0.717, 1.165) is 19.3 Å². The standard InChI is InChI=1S/C18H21NO4/c1-11(19)17(12(2)20)16(21)10-23-18(22)15-8-7-13-5-3-4-6-14(13)9-15/h7-9,19,21H,3-6,10H2,1-2H3/b17-16-,19-11?. The fourth-order valence-corrected chi connectivity index (χ4v) is 2.83. The molecule has 1 aliphatic rings. The van der Waals surface area contributed by atoms with Crippen molar-refractivity contribution in [2.45, 2.75) is 39.5 Å². The van der Waals surface area contributed by atoms with Crippen LogP contribution in [-0.2, 0) is 22.4 Å². The van der Waals surface area contributed by atoms with Crippen LogP contribution in [0.4, 0.5) is 0 Å². The number of hydrogen-bond donors (Lipinski definition) is 2. The van der Waals surface area contributed by atoms with E-state index in [0.29, 0.717) is 5.56 Å². The number of esters is 1. The quantitative estimate of drug-likeness (QED) is 0.378. The molecule has 0 saturated carbocycles. The number of Topliss-reactive ketones (excluding diaryl/α,β-unsaturated/α-hetero) is 1. The Hall–Kier alpha value is -2.43. The van der Waals surface area contributed by atoms with Gasteiger partial charge in [0.15, 0.2) is 5.78 Å². The summed E-state index contributed by atoms with van der Waals surface area (Å²) < 4.78 is 5.07. The van der Waals surface area contributed by atoms with Gasteiger partial charge in [-0.25, -0.2) is 4.79 Å². The van der Waals surface area contributed by atoms with Crippen LogP contribution in [0, 0.1) is 5.41 Å². The molecule has 5 nitrogen and oxygen atoms in total.